The van der Waals surface area contributed by atoms with E-state index in [1.807, 2.05) is 37.3 Å². The summed E-state index contributed by atoms with van der Waals surface area (Å²) in [6.07, 6.45) is -0.327. The van der Waals surface area contributed by atoms with Gasteiger partial charge in [0.2, 0.25) is 0 Å². The molecule has 0 aliphatic carbocycles. The van der Waals surface area contributed by atoms with Gasteiger partial charge in [-0.3, -0.25) is 4.90 Å². The lowest BCUT2D eigenvalue weighted by Gasteiger charge is -2.21. The number of benzene rings is 1. The normalized spacial score (nSPS) is 22.2. The van der Waals surface area contributed by atoms with Crippen LogP contribution >= 0.6 is 0 Å². The van der Waals surface area contributed by atoms with Crippen molar-refractivity contribution in [2.75, 3.05) is 7.11 Å². The minimum absolute atomic E-state index is 0.343. The number of hydrogen-bond acceptors (Lipinski definition) is 4. The van der Waals surface area contributed by atoms with Crippen LogP contribution in [0.1, 0.15) is 18.9 Å². The van der Waals surface area contributed by atoms with Crippen molar-refractivity contribution in [2.45, 2.75) is 32.0 Å². The molecule has 5 nitrogen and oxygen atoms in total. The smallest absolute Gasteiger partial charge is 0.411 e. The topological polar surface area (TPSA) is 55.8 Å². The third-order valence-electron chi connectivity index (χ3n) is 3.22. The Morgan fingerprint density at radius 2 is 2.05 bits per heavy atom. The predicted molar refractivity (Wildman–Crippen MR) is 68.3 cm³/mol. The first-order valence-electron chi connectivity index (χ1n) is 6.26. The molecule has 1 aromatic carbocycles. The second kappa shape index (κ2) is 5.73. The molecule has 0 N–H and O–H groups in total. The van der Waals surface area contributed by atoms with Gasteiger partial charge in [-0.15, -0.1) is 0 Å². The van der Waals surface area contributed by atoms with E-state index in [0.29, 0.717) is 13.0 Å². The van der Waals surface area contributed by atoms with E-state index < -0.39 is 24.2 Å². The van der Waals surface area contributed by atoms with Crippen LogP contribution in [0.4, 0.5) is 4.79 Å². The average molecular weight is 263 g/mol. The summed E-state index contributed by atoms with van der Waals surface area (Å²) in [5.74, 6) is -0.436. The Labute approximate surface area is 112 Å². The molecule has 0 aromatic heterocycles. The van der Waals surface area contributed by atoms with Gasteiger partial charge in [0.15, 0.2) is 6.04 Å². The summed E-state index contributed by atoms with van der Waals surface area (Å²) < 4.78 is 9.99. The number of nitrogens with zero attached hydrogens (tertiary/aromatic N) is 1. The summed E-state index contributed by atoms with van der Waals surface area (Å²) in [4.78, 5) is 25.1. The number of carbonyl (C=O) groups excluding carboxylic acids is 2. The maximum absolute atomic E-state index is 11.9. The van der Waals surface area contributed by atoms with Crippen LogP contribution < -0.4 is 0 Å². The molecule has 5 heteroatoms. The summed E-state index contributed by atoms with van der Waals surface area (Å²) in [6, 6.07) is 8.82. The number of esters is 1. The fourth-order valence-corrected chi connectivity index (χ4v) is 2.23. The summed E-state index contributed by atoms with van der Waals surface area (Å²) in [7, 11) is 1.32. The van der Waals surface area contributed by atoms with Crippen molar-refractivity contribution in [1.29, 1.82) is 0 Å². The van der Waals surface area contributed by atoms with Gasteiger partial charge in [-0.05, 0) is 12.0 Å². The summed E-state index contributed by atoms with van der Waals surface area (Å²) in [5, 5.41) is 0. The van der Waals surface area contributed by atoms with E-state index >= 15 is 0 Å². The molecule has 19 heavy (non-hydrogen) atoms. The number of ether oxygens (including phenoxy) is 2. The lowest BCUT2D eigenvalue weighted by atomic mass is 10.1. The maximum atomic E-state index is 11.9. The number of cyclic esters (lactones) is 1. The molecule has 1 aromatic rings. The van der Waals surface area contributed by atoms with E-state index in [-0.39, 0.29) is 0 Å². The van der Waals surface area contributed by atoms with E-state index in [1.54, 1.807) is 0 Å². The fourth-order valence-electron chi connectivity index (χ4n) is 2.23. The summed E-state index contributed by atoms with van der Waals surface area (Å²) in [5.41, 5.74) is 0.949. The zero-order valence-corrected chi connectivity index (χ0v) is 11.0. The number of rotatable bonds is 4. The maximum Gasteiger partial charge on any atom is 0.411 e. The van der Waals surface area contributed by atoms with Crippen molar-refractivity contribution in [1.82, 2.24) is 4.90 Å². The van der Waals surface area contributed by atoms with Crippen LogP contribution in [0, 0.1) is 0 Å². The Balaban J connectivity index is 2.20. The quantitative estimate of drug-likeness (QED) is 0.779. The number of carbonyl (C=O) groups is 2. The SMILES string of the molecule is CC[C@@H]1OC(=O)N(Cc2ccccc2)[C@H]1C(=O)OC. The van der Waals surface area contributed by atoms with Crippen molar-refractivity contribution >= 4 is 12.1 Å². The number of hydrogen-bond donors (Lipinski definition) is 0. The van der Waals surface area contributed by atoms with Gasteiger partial charge in [-0.1, -0.05) is 37.3 Å². The summed E-state index contributed by atoms with van der Waals surface area (Å²) in [6.45, 7) is 2.22. The third-order valence-corrected chi connectivity index (χ3v) is 3.22. The van der Waals surface area contributed by atoms with Crippen LogP contribution in [0.3, 0.4) is 0 Å². The zero-order valence-electron chi connectivity index (χ0n) is 11.0. The van der Waals surface area contributed by atoms with Gasteiger partial charge in [0.05, 0.1) is 13.7 Å². The molecule has 0 bridgehead atoms. The lowest BCUT2D eigenvalue weighted by molar-refractivity contribution is -0.146. The second-order valence-corrected chi connectivity index (χ2v) is 4.41. The van der Waals surface area contributed by atoms with E-state index in [1.165, 1.54) is 12.0 Å². The molecule has 1 heterocycles. The first-order valence-corrected chi connectivity index (χ1v) is 6.26. The molecule has 1 saturated heterocycles. The van der Waals surface area contributed by atoms with Crippen LogP contribution in [-0.2, 0) is 20.8 Å². The van der Waals surface area contributed by atoms with Gasteiger partial charge in [0, 0.05) is 0 Å². The van der Waals surface area contributed by atoms with Crippen molar-refractivity contribution in [3.63, 3.8) is 0 Å². The Hall–Kier alpha value is -2.04. The van der Waals surface area contributed by atoms with Gasteiger partial charge >= 0.3 is 12.1 Å². The molecule has 0 radical (unpaired) electrons. The highest BCUT2D eigenvalue weighted by Crippen LogP contribution is 2.25. The number of amides is 1. The van der Waals surface area contributed by atoms with Gasteiger partial charge in [0.1, 0.15) is 6.10 Å². The first-order chi connectivity index (χ1) is 9.17. The summed E-state index contributed by atoms with van der Waals surface area (Å²) >= 11 is 0. The Morgan fingerprint density at radius 1 is 1.37 bits per heavy atom. The van der Waals surface area contributed by atoms with Gasteiger partial charge in [-0.25, -0.2) is 9.59 Å². The zero-order chi connectivity index (χ0) is 13.8. The first kappa shape index (κ1) is 13.4. The highest BCUT2D eigenvalue weighted by Gasteiger charge is 2.45. The molecule has 1 aliphatic heterocycles. The van der Waals surface area contributed by atoms with Gasteiger partial charge < -0.3 is 9.47 Å². The van der Waals surface area contributed by atoms with Crippen LogP contribution in [0.15, 0.2) is 30.3 Å². The molecule has 1 amide bonds. The van der Waals surface area contributed by atoms with E-state index in [9.17, 15) is 9.59 Å². The molecule has 2 atom stereocenters. The van der Waals surface area contributed by atoms with Crippen molar-refractivity contribution < 1.29 is 19.1 Å². The van der Waals surface area contributed by atoms with Crippen LogP contribution in [-0.4, -0.2) is 36.2 Å². The molecule has 1 fully saturated rings. The van der Waals surface area contributed by atoms with Gasteiger partial charge in [-0.2, -0.15) is 0 Å². The number of methoxy groups -OCH3 is 1. The van der Waals surface area contributed by atoms with E-state index in [0.717, 1.165) is 5.56 Å². The molecular formula is C14H17NO4. The highest BCUT2D eigenvalue weighted by molar-refractivity contribution is 5.85. The second-order valence-electron chi connectivity index (χ2n) is 4.41. The van der Waals surface area contributed by atoms with E-state index in [2.05, 4.69) is 0 Å². The molecule has 0 saturated carbocycles. The fraction of sp³-hybridized carbons (Fsp3) is 0.429. The minimum Gasteiger partial charge on any atom is -0.467 e. The third kappa shape index (κ3) is 2.70. The molecule has 0 spiro atoms. The van der Waals surface area contributed by atoms with Gasteiger partial charge in [0.25, 0.3) is 0 Å². The minimum atomic E-state index is -0.664. The largest absolute Gasteiger partial charge is 0.467 e. The van der Waals surface area contributed by atoms with Crippen LogP contribution in [0.5, 0.6) is 0 Å². The van der Waals surface area contributed by atoms with Crippen LogP contribution in [0.2, 0.25) is 0 Å². The lowest BCUT2D eigenvalue weighted by Crippen LogP contribution is -2.43. The van der Waals surface area contributed by atoms with Crippen molar-refractivity contribution in [2.24, 2.45) is 0 Å². The Bertz CT molecular complexity index is 460. The van der Waals surface area contributed by atoms with Crippen molar-refractivity contribution in [3.05, 3.63) is 35.9 Å². The Morgan fingerprint density at radius 3 is 2.63 bits per heavy atom. The molecule has 102 valence electrons. The predicted octanol–water partition coefficient (Wildman–Crippen LogP) is 1.96. The standard InChI is InChI=1S/C14H17NO4/c1-3-11-12(13(16)18-2)15(14(17)19-11)9-10-7-5-4-6-8-10/h4-8,11-12H,3,9H2,1-2H3/t11-,12+/m0/s1. The van der Waals surface area contributed by atoms with E-state index in [4.69, 9.17) is 9.47 Å². The highest BCUT2D eigenvalue weighted by atomic mass is 16.6. The molecule has 0 unspecified atom stereocenters. The van der Waals surface area contributed by atoms with Crippen LogP contribution in [0.25, 0.3) is 0 Å². The average Bonchev–Trinajstić information content (AvgIpc) is 2.76. The molecule has 2 rings (SSSR count). The monoisotopic (exact) mass is 263 g/mol. The Kier molecular flexibility index (Phi) is 4.04. The molecule has 1 aliphatic rings. The molecular weight excluding hydrogens is 246 g/mol. The van der Waals surface area contributed by atoms with Crippen molar-refractivity contribution in [3.8, 4) is 0 Å².